The Labute approximate surface area is 196 Å². The summed E-state index contributed by atoms with van der Waals surface area (Å²) in [4.78, 5) is 28.8. The average Bonchev–Trinajstić information content (AvgIpc) is 3.23. The molecule has 6 heteroatoms. The molecule has 1 N–H and O–H groups in total. The van der Waals surface area contributed by atoms with Crippen LogP contribution in [0.25, 0.3) is 27.8 Å². The number of carbonyl (C=O) groups is 1. The van der Waals surface area contributed by atoms with E-state index in [1.165, 1.54) is 0 Å². The van der Waals surface area contributed by atoms with E-state index in [0.29, 0.717) is 22.8 Å². The van der Waals surface area contributed by atoms with Gasteiger partial charge >= 0.3 is 0 Å². The lowest BCUT2D eigenvalue weighted by Crippen LogP contribution is -2.07. The van der Waals surface area contributed by atoms with Crippen molar-refractivity contribution in [1.29, 1.82) is 0 Å². The van der Waals surface area contributed by atoms with E-state index in [1.54, 1.807) is 50.7 Å². The maximum Gasteiger partial charge on any atom is 0.248 e. The molecule has 3 aromatic heterocycles. The van der Waals surface area contributed by atoms with Gasteiger partial charge in [-0.25, -0.2) is 0 Å². The van der Waals surface area contributed by atoms with E-state index < -0.39 is 0 Å². The highest BCUT2D eigenvalue weighted by Gasteiger charge is 2.26. The fourth-order valence-electron chi connectivity index (χ4n) is 4.24. The number of ketones is 1. The molecule has 5 rings (SSSR count). The Morgan fingerprint density at radius 2 is 1.47 bits per heavy atom. The van der Waals surface area contributed by atoms with E-state index in [1.807, 2.05) is 59.1 Å². The highest BCUT2D eigenvalue weighted by molar-refractivity contribution is 6.16. The lowest BCUT2D eigenvalue weighted by atomic mass is 9.93. The van der Waals surface area contributed by atoms with Crippen molar-refractivity contribution in [3.63, 3.8) is 0 Å². The maximum atomic E-state index is 13.9. The smallest absolute Gasteiger partial charge is 0.248 e. The zero-order valence-corrected chi connectivity index (χ0v) is 18.7. The number of carbonyl (C=O) groups excluding carboxylic acids is 1. The molecule has 0 spiro atoms. The third-order valence-electron chi connectivity index (χ3n) is 5.85. The number of hydrogen-bond acceptors (Lipinski definition) is 4. The number of rotatable bonds is 6. The third-order valence-corrected chi connectivity index (χ3v) is 5.85. The van der Waals surface area contributed by atoms with Crippen molar-refractivity contribution in [3.8, 4) is 33.8 Å². The van der Waals surface area contributed by atoms with Crippen molar-refractivity contribution in [2.24, 2.45) is 0 Å². The Morgan fingerprint density at radius 1 is 0.794 bits per heavy atom. The van der Waals surface area contributed by atoms with Crippen LogP contribution in [0.3, 0.4) is 0 Å². The van der Waals surface area contributed by atoms with Gasteiger partial charge in [0.25, 0.3) is 0 Å². The summed E-state index contributed by atoms with van der Waals surface area (Å²) in [6, 6.07) is 23.8. The van der Waals surface area contributed by atoms with Gasteiger partial charge in [0.1, 0.15) is 17.2 Å². The number of H-pyrrole nitrogens is 1. The number of nitrogens with zero attached hydrogens (tertiary/aromatic N) is 1. The normalized spacial score (nSPS) is 10.9. The quantitative estimate of drug-likeness (QED) is 0.361. The van der Waals surface area contributed by atoms with Gasteiger partial charge in [-0.1, -0.05) is 18.2 Å². The summed E-state index contributed by atoms with van der Waals surface area (Å²) in [5.74, 6) is 1.26. The van der Waals surface area contributed by atoms with Crippen molar-refractivity contribution in [2.45, 2.75) is 0 Å². The van der Waals surface area contributed by atoms with Gasteiger partial charge in [0.15, 0.2) is 0 Å². The molecule has 0 saturated carbocycles. The van der Waals surface area contributed by atoms with E-state index in [2.05, 4.69) is 4.98 Å². The van der Waals surface area contributed by atoms with Crippen LogP contribution in [0.2, 0.25) is 0 Å². The van der Waals surface area contributed by atoms with E-state index in [9.17, 15) is 9.59 Å². The summed E-state index contributed by atoms with van der Waals surface area (Å²) in [6.07, 6.45) is 3.49. The third kappa shape index (κ3) is 3.65. The molecule has 0 bridgehead atoms. The van der Waals surface area contributed by atoms with Gasteiger partial charge in [0.2, 0.25) is 11.3 Å². The summed E-state index contributed by atoms with van der Waals surface area (Å²) >= 11 is 0. The molecule has 6 nitrogen and oxygen atoms in total. The number of hydrogen-bond donors (Lipinski definition) is 1. The summed E-state index contributed by atoms with van der Waals surface area (Å²) in [5, 5.41) is 0. The monoisotopic (exact) mass is 450 g/mol. The van der Waals surface area contributed by atoms with Gasteiger partial charge in [-0.2, -0.15) is 0 Å². The van der Waals surface area contributed by atoms with Crippen LogP contribution >= 0.6 is 0 Å². The minimum atomic E-state index is -0.212. The molecule has 168 valence electrons. The second kappa shape index (κ2) is 8.75. The van der Waals surface area contributed by atoms with Crippen LogP contribution in [0.15, 0.2) is 96.1 Å². The summed E-state index contributed by atoms with van der Waals surface area (Å²) in [6.45, 7) is 0. The number of benzene rings is 2. The molecule has 3 heterocycles. The number of methoxy groups -OCH3 is 2. The van der Waals surface area contributed by atoms with Crippen molar-refractivity contribution in [1.82, 2.24) is 9.38 Å². The van der Waals surface area contributed by atoms with Crippen LogP contribution in [0, 0.1) is 0 Å². The molecule has 0 fully saturated rings. The Bertz CT molecular complexity index is 1540. The second-order valence-electron chi connectivity index (χ2n) is 7.78. The molecule has 34 heavy (non-hydrogen) atoms. The van der Waals surface area contributed by atoms with Crippen molar-refractivity contribution < 1.29 is 14.3 Å². The van der Waals surface area contributed by atoms with E-state index in [-0.39, 0.29) is 11.3 Å². The van der Waals surface area contributed by atoms with Crippen LogP contribution in [0.5, 0.6) is 11.5 Å². The highest BCUT2D eigenvalue weighted by atomic mass is 16.5. The standard InChI is InChI=1S/C28H22N2O4/c1-33-21-10-6-18(7-11-21)26-25(20-14-15-29-24(31)17-20)23-5-3-4-16-30(23)27(26)28(32)19-8-12-22(34-2)13-9-19/h3-17H,1-2H3,(H,29,31). The van der Waals surface area contributed by atoms with E-state index in [0.717, 1.165) is 27.8 Å². The SMILES string of the molecule is COc1ccc(C(=O)c2c(-c3ccc(OC)cc3)c(-c3cc[nH]c(=O)c3)c3ccccn23)cc1. The summed E-state index contributed by atoms with van der Waals surface area (Å²) in [7, 11) is 3.20. The number of fused-ring (bicyclic) bond motifs is 1. The van der Waals surface area contributed by atoms with Crippen molar-refractivity contribution >= 4 is 11.3 Å². The highest BCUT2D eigenvalue weighted by Crippen LogP contribution is 2.41. The lowest BCUT2D eigenvalue weighted by molar-refractivity contribution is 0.103. The predicted octanol–water partition coefficient (Wildman–Crippen LogP) is 5.21. The van der Waals surface area contributed by atoms with Gasteiger partial charge in [-0.3, -0.25) is 9.59 Å². The average molecular weight is 450 g/mol. The van der Waals surface area contributed by atoms with E-state index >= 15 is 0 Å². The predicted molar refractivity (Wildman–Crippen MR) is 132 cm³/mol. The van der Waals surface area contributed by atoms with Crippen molar-refractivity contribution in [3.05, 3.63) is 113 Å². The van der Waals surface area contributed by atoms with E-state index in [4.69, 9.17) is 9.47 Å². The first kappa shape index (κ1) is 21.3. The maximum absolute atomic E-state index is 13.9. The second-order valence-corrected chi connectivity index (χ2v) is 7.78. The van der Waals surface area contributed by atoms with Crippen LogP contribution < -0.4 is 15.0 Å². The van der Waals surface area contributed by atoms with Crippen LogP contribution in [-0.4, -0.2) is 29.4 Å². The molecular weight excluding hydrogens is 428 g/mol. The molecule has 5 aromatic rings. The number of pyridine rings is 2. The zero-order chi connectivity index (χ0) is 23.7. The number of aromatic nitrogens is 2. The van der Waals surface area contributed by atoms with Gasteiger partial charge in [0, 0.05) is 35.2 Å². The minimum absolute atomic E-state index is 0.134. The Kier molecular flexibility index (Phi) is 5.47. The molecular formula is C28H22N2O4. The van der Waals surface area contributed by atoms with Gasteiger partial charge in [-0.15, -0.1) is 0 Å². The molecule has 2 aromatic carbocycles. The minimum Gasteiger partial charge on any atom is -0.497 e. The van der Waals surface area contributed by atoms with Crippen molar-refractivity contribution in [2.75, 3.05) is 14.2 Å². The Morgan fingerprint density at radius 3 is 2.12 bits per heavy atom. The molecule has 0 saturated heterocycles. The Balaban J connectivity index is 1.85. The fourth-order valence-corrected chi connectivity index (χ4v) is 4.24. The summed E-state index contributed by atoms with van der Waals surface area (Å²) in [5.41, 5.74) is 4.81. The molecule has 0 atom stereocenters. The van der Waals surface area contributed by atoms with Crippen LogP contribution in [0.1, 0.15) is 16.1 Å². The summed E-state index contributed by atoms with van der Waals surface area (Å²) < 4.78 is 12.5. The molecule has 0 aliphatic rings. The van der Waals surface area contributed by atoms with Gasteiger partial charge in [-0.05, 0) is 65.7 Å². The topological polar surface area (TPSA) is 72.8 Å². The van der Waals surface area contributed by atoms with Gasteiger partial charge < -0.3 is 18.9 Å². The van der Waals surface area contributed by atoms with Crippen LogP contribution in [-0.2, 0) is 0 Å². The largest absolute Gasteiger partial charge is 0.497 e. The first-order valence-electron chi connectivity index (χ1n) is 10.8. The number of ether oxygens (including phenoxy) is 2. The first-order valence-corrected chi connectivity index (χ1v) is 10.8. The fraction of sp³-hybridized carbons (Fsp3) is 0.0714. The molecule has 0 amide bonds. The first-order chi connectivity index (χ1) is 16.6. The molecule has 0 aliphatic heterocycles. The number of nitrogens with one attached hydrogen (secondary N) is 1. The molecule has 0 aliphatic carbocycles. The molecule has 0 radical (unpaired) electrons. The number of aromatic amines is 1. The van der Waals surface area contributed by atoms with Crippen LogP contribution in [0.4, 0.5) is 0 Å². The lowest BCUT2D eigenvalue weighted by Gasteiger charge is -2.10. The van der Waals surface area contributed by atoms with Gasteiger partial charge in [0.05, 0.1) is 19.7 Å². The Hall–Kier alpha value is -4.58. The molecule has 0 unspecified atom stereocenters. The zero-order valence-electron chi connectivity index (χ0n) is 18.7.